The van der Waals surface area contributed by atoms with Gasteiger partial charge in [-0.2, -0.15) is 0 Å². The van der Waals surface area contributed by atoms with Crippen molar-refractivity contribution >= 4 is 18.2 Å². The van der Waals surface area contributed by atoms with E-state index in [0.717, 1.165) is 5.69 Å². The van der Waals surface area contributed by atoms with Gasteiger partial charge in [-0.3, -0.25) is 4.79 Å². The summed E-state index contributed by atoms with van der Waals surface area (Å²) in [5, 5.41) is 0. The summed E-state index contributed by atoms with van der Waals surface area (Å²) in [5.41, 5.74) is 0.919. The molecule has 13 heavy (non-hydrogen) atoms. The van der Waals surface area contributed by atoms with Crippen LogP contribution < -0.4 is 0 Å². The van der Waals surface area contributed by atoms with Gasteiger partial charge in [0.2, 0.25) is 0 Å². The minimum atomic E-state index is -0.208. The van der Waals surface area contributed by atoms with Crippen molar-refractivity contribution in [3.63, 3.8) is 0 Å². The van der Waals surface area contributed by atoms with E-state index in [-0.39, 0.29) is 11.9 Å². The van der Waals surface area contributed by atoms with Gasteiger partial charge >= 0.3 is 5.97 Å². The van der Waals surface area contributed by atoms with E-state index in [1.54, 1.807) is 6.20 Å². The zero-order valence-corrected chi connectivity index (χ0v) is 8.40. The molecule has 1 rings (SSSR count). The number of aromatic nitrogens is 2. The zero-order valence-electron chi connectivity index (χ0n) is 7.59. The molecule has 4 nitrogen and oxygen atoms in total. The molecule has 0 aromatic carbocycles. The molecule has 2 N–H and O–H groups in total. The number of nitrogens with one attached hydrogen (secondary N) is 2. The van der Waals surface area contributed by atoms with Crippen LogP contribution in [0.5, 0.6) is 0 Å². The summed E-state index contributed by atoms with van der Waals surface area (Å²) in [4.78, 5) is 16.8. The number of ether oxygens (including phenoxy) is 1. The fourth-order valence-electron chi connectivity index (χ4n) is 1.10. The van der Waals surface area contributed by atoms with E-state index in [1.807, 2.05) is 6.92 Å². The predicted molar refractivity (Wildman–Crippen MR) is 50.9 cm³/mol. The van der Waals surface area contributed by atoms with Crippen molar-refractivity contribution in [2.45, 2.75) is 13.3 Å². The summed E-state index contributed by atoms with van der Waals surface area (Å²) in [6, 6.07) is 0. The van der Waals surface area contributed by atoms with Gasteiger partial charge in [-0.05, 0) is 12.2 Å². The van der Waals surface area contributed by atoms with Gasteiger partial charge in [-0.1, -0.05) is 6.92 Å². The number of hydrogen-bond donors (Lipinski definition) is 2. The molecular weight excluding hydrogens is 188 g/mol. The number of carbonyl (C=O) groups is 1. The molecule has 0 saturated heterocycles. The van der Waals surface area contributed by atoms with Crippen LogP contribution in [0.25, 0.3) is 0 Å². The van der Waals surface area contributed by atoms with Crippen LogP contribution in [-0.4, -0.2) is 23.0 Å². The molecule has 1 heterocycles. The van der Waals surface area contributed by atoms with Gasteiger partial charge in [-0.25, -0.2) is 0 Å². The Morgan fingerprint density at radius 1 is 1.77 bits per heavy atom. The summed E-state index contributed by atoms with van der Waals surface area (Å²) in [6.45, 7) is 1.82. The minimum absolute atomic E-state index is 0.147. The molecule has 0 fully saturated rings. The molecule has 0 amide bonds. The lowest BCUT2D eigenvalue weighted by Gasteiger charge is -2.06. The van der Waals surface area contributed by atoms with Crippen LogP contribution in [-0.2, 0) is 16.0 Å². The number of carbonyl (C=O) groups excluding carboxylic acids is 1. The Labute approximate surface area is 81.3 Å². The van der Waals surface area contributed by atoms with Crippen molar-refractivity contribution in [2.75, 3.05) is 7.11 Å². The van der Waals surface area contributed by atoms with Gasteiger partial charge < -0.3 is 14.7 Å². The van der Waals surface area contributed by atoms with Crippen LogP contribution in [0.15, 0.2) is 6.20 Å². The van der Waals surface area contributed by atoms with E-state index < -0.39 is 0 Å². The number of aromatic amines is 2. The maximum atomic E-state index is 11.1. The van der Waals surface area contributed by atoms with E-state index in [9.17, 15) is 4.79 Å². The smallest absolute Gasteiger partial charge is 0.308 e. The number of H-pyrrole nitrogens is 2. The molecule has 1 aromatic rings. The Morgan fingerprint density at radius 2 is 2.46 bits per heavy atom. The lowest BCUT2D eigenvalue weighted by atomic mass is 10.1. The normalized spacial score (nSPS) is 12.5. The Morgan fingerprint density at radius 3 is 2.92 bits per heavy atom. The quantitative estimate of drug-likeness (QED) is 0.573. The Hall–Kier alpha value is -1.10. The molecule has 0 saturated carbocycles. The van der Waals surface area contributed by atoms with Crippen LogP contribution >= 0.6 is 12.2 Å². The van der Waals surface area contributed by atoms with E-state index >= 15 is 0 Å². The zero-order chi connectivity index (χ0) is 9.84. The lowest BCUT2D eigenvalue weighted by molar-refractivity contribution is -0.144. The monoisotopic (exact) mass is 200 g/mol. The first-order chi connectivity index (χ1) is 6.13. The minimum Gasteiger partial charge on any atom is -0.469 e. The standard InChI is InChI=1S/C8H12N2O2S/c1-5(7(11)12-2)3-6-4-9-8(13)10-6/h4-5H,3H2,1-2H3,(H2,9,10,13)/t5-/m0/s1. The van der Waals surface area contributed by atoms with Crippen molar-refractivity contribution in [1.82, 2.24) is 9.97 Å². The molecule has 1 aromatic heterocycles. The summed E-state index contributed by atoms with van der Waals surface area (Å²) >= 11 is 4.85. The predicted octanol–water partition coefficient (Wildman–Crippen LogP) is 1.42. The summed E-state index contributed by atoms with van der Waals surface area (Å²) in [5.74, 6) is -0.355. The van der Waals surface area contributed by atoms with Crippen molar-refractivity contribution in [1.29, 1.82) is 0 Å². The molecule has 0 spiro atoms. The van der Waals surface area contributed by atoms with Crippen LogP contribution in [0.3, 0.4) is 0 Å². The molecule has 72 valence electrons. The van der Waals surface area contributed by atoms with Gasteiger partial charge in [0.25, 0.3) is 0 Å². The molecule has 0 bridgehead atoms. The van der Waals surface area contributed by atoms with E-state index in [0.29, 0.717) is 11.2 Å². The van der Waals surface area contributed by atoms with E-state index in [4.69, 9.17) is 12.2 Å². The molecular formula is C8H12N2O2S. The highest BCUT2D eigenvalue weighted by atomic mass is 32.1. The van der Waals surface area contributed by atoms with Gasteiger partial charge in [0.05, 0.1) is 13.0 Å². The van der Waals surface area contributed by atoms with Crippen LogP contribution in [0.4, 0.5) is 0 Å². The van der Waals surface area contributed by atoms with Gasteiger partial charge in [0.15, 0.2) is 4.77 Å². The first-order valence-electron chi connectivity index (χ1n) is 3.98. The Bertz CT molecular complexity index is 342. The van der Waals surface area contributed by atoms with Crippen molar-refractivity contribution < 1.29 is 9.53 Å². The molecule has 0 aliphatic heterocycles. The third-order valence-corrected chi connectivity index (χ3v) is 2.00. The average molecular weight is 200 g/mol. The van der Waals surface area contributed by atoms with Crippen LogP contribution in [0.1, 0.15) is 12.6 Å². The maximum absolute atomic E-state index is 11.1. The van der Waals surface area contributed by atoms with Gasteiger partial charge in [0.1, 0.15) is 0 Å². The van der Waals surface area contributed by atoms with Gasteiger partial charge in [0, 0.05) is 18.3 Å². The van der Waals surface area contributed by atoms with E-state index in [2.05, 4.69) is 14.7 Å². The highest BCUT2D eigenvalue weighted by Crippen LogP contribution is 2.06. The van der Waals surface area contributed by atoms with Gasteiger partial charge in [-0.15, -0.1) is 0 Å². The SMILES string of the molecule is COC(=O)[C@@H](C)Cc1c[nH]c(=S)[nH]1. The van der Waals surface area contributed by atoms with Crippen molar-refractivity contribution in [2.24, 2.45) is 5.92 Å². The number of hydrogen-bond acceptors (Lipinski definition) is 3. The first-order valence-corrected chi connectivity index (χ1v) is 4.38. The number of imidazole rings is 1. The van der Waals surface area contributed by atoms with Crippen molar-refractivity contribution in [3.8, 4) is 0 Å². The number of rotatable bonds is 3. The molecule has 0 aliphatic rings. The summed E-state index contributed by atoms with van der Waals surface area (Å²) < 4.78 is 5.18. The molecule has 1 atom stereocenters. The largest absolute Gasteiger partial charge is 0.469 e. The second-order valence-corrected chi connectivity index (χ2v) is 3.30. The second kappa shape index (κ2) is 4.23. The van der Waals surface area contributed by atoms with Crippen molar-refractivity contribution in [3.05, 3.63) is 16.7 Å². The molecule has 0 unspecified atom stereocenters. The topological polar surface area (TPSA) is 57.9 Å². The fourth-order valence-corrected chi connectivity index (χ4v) is 1.29. The van der Waals surface area contributed by atoms with E-state index in [1.165, 1.54) is 7.11 Å². The van der Waals surface area contributed by atoms with Crippen LogP contribution in [0.2, 0.25) is 0 Å². The Kier molecular flexibility index (Phi) is 3.25. The first kappa shape index (κ1) is 9.98. The second-order valence-electron chi connectivity index (χ2n) is 2.90. The third-order valence-electron chi connectivity index (χ3n) is 1.78. The maximum Gasteiger partial charge on any atom is 0.308 e. The average Bonchev–Trinajstić information content (AvgIpc) is 2.49. The summed E-state index contributed by atoms with van der Waals surface area (Å²) in [7, 11) is 1.39. The summed E-state index contributed by atoms with van der Waals surface area (Å²) in [6.07, 6.45) is 2.38. The third kappa shape index (κ3) is 2.69. The number of methoxy groups -OCH3 is 1. The highest BCUT2D eigenvalue weighted by Gasteiger charge is 2.13. The van der Waals surface area contributed by atoms with Crippen LogP contribution in [0, 0.1) is 10.7 Å². The Balaban J connectivity index is 2.59. The highest BCUT2D eigenvalue weighted by molar-refractivity contribution is 7.71. The molecule has 0 radical (unpaired) electrons. The molecule has 5 heteroatoms. The number of esters is 1. The fraction of sp³-hybridized carbons (Fsp3) is 0.500. The lowest BCUT2D eigenvalue weighted by Crippen LogP contribution is -2.15. The molecule has 0 aliphatic carbocycles.